The van der Waals surface area contributed by atoms with Crippen LogP contribution in [0.3, 0.4) is 0 Å². The maximum Gasteiger partial charge on any atom is 0.158 e. The molecule has 3 heteroatoms. The number of nitrogens with two attached hydrogens (primary N) is 1. The van der Waals surface area contributed by atoms with Crippen molar-refractivity contribution in [2.75, 3.05) is 0 Å². The zero-order valence-corrected chi connectivity index (χ0v) is 7.47. The van der Waals surface area contributed by atoms with Crippen LogP contribution in [-0.4, -0.2) is 7.28 Å². The molecule has 1 aromatic rings. The zero-order valence-electron chi connectivity index (χ0n) is 7.47. The van der Waals surface area contributed by atoms with E-state index >= 15 is 0 Å². The molecule has 0 heterocycles. The molecule has 12 heavy (non-hydrogen) atoms. The molecule has 0 saturated carbocycles. The molecule has 0 aliphatic rings. The lowest BCUT2D eigenvalue weighted by Gasteiger charge is -2.06. The Balaban J connectivity index is 3.02. The van der Waals surface area contributed by atoms with E-state index in [9.17, 15) is 4.39 Å². The van der Waals surface area contributed by atoms with Gasteiger partial charge in [-0.25, -0.2) is 4.39 Å². The topological polar surface area (TPSA) is 26.0 Å². The average molecular weight is 165 g/mol. The van der Waals surface area contributed by atoms with Gasteiger partial charge in [0.25, 0.3) is 0 Å². The Morgan fingerprint density at radius 2 is 2.17 bits per heavy atom. The fourth-order valence-electron chi connectivity index (χ4n) is 1.13. The van der Waals surface area contributed by atoms with Gasteiger partial charge in [-0.05, 0) is 24.0 Å². The summed E-state index contributed by atoms with van der Waals surface area (Å²) in [5.74, 6) is -0.146. The maximum atomic E-state index is 13.2. The summed E-state index contributed by atoms with van der Waals surface area (Å²) in [6.45, 7) is 3.78. The highest BCUT2D eigenvalue weighted by Crippen LogP contribution is 2.08. The predicted molar refractivity (Wildman–Crippen MR) is 51.6 cm³/mol. The van der Waals surface area contributed by atoms with Crippen molar-refractivity contribution < 1.29 is 4.39 Å². The number of hydrogen-bond donors (Lipinski definition) is 1. The molecule has 0 radical (unpaired) electrons. The molecule has 1 unspecified atom stereocenters. The molecule has 0 fully saturated rings. The molecule has 0 saturated heterocycles. The van der Waals surface area contributed by atoms with Gasteiger partial charge in [0.2, 0.25) is 0 Å². The number of rotatable bonds is 2. The van der Waals surface area contributed by atoms with E-state index in [0.29, 0.717) is 0 Å². The van der Waals surface area contributed by atoms with Crippen LogP contribution < -0.4 is 11.2 Å². The maximum absolute atomic E-state index is 13.2. The number of benzene rings is 1. The molecule has 1 nitrogen and oxygen atoms in total. The van der Waals surface area contributed by atoms with Gasteiger partial charge < -0.3 is 5.73 Å². The molecule has 2 N–H and O–H groups in total. The van der Waals surface area contributed by atoms with E-state index in [0.717, 1.165) is 18.3 Å². The van der Waals surface area contributed by atoms with Crippen LogP contribution in [0.2, 0.25) is 6.82 Å². The normalized spacial score (nSPS) is 12.7. The lowest BCUT2D eigenvalue weighted by molar-refractivity contribution is 0.630. The first kappa shape index (κ1) is 9.26. The van der Waals surface area contributed by atoms with Gasteiger partial charge in [-0.1, -0.05) is 19.0 Å². The van der Waals surface area contributed by atoms with Crippen molar-refractivity contribution in [1.82, 2.24) is 0 Å². The van der Waals surface area contributed by atoms with Crippen molar-refractivity contribution in [3.63, 3.8) is 0 Å². The monoisotopic (exact) mass is 165 g/mol. The van der Waals surface area contributed by atoms with Gasteiger partial charge in [0, 0.05) is 6.04 Å². The third-order valence-corrected chi connectivity index (χ3v) is 1.98. The first-order valence-electron chi connectivity index (χ1n) is 4.19. The smallest absolute Gasteiger partial charge is 0.158 e. The summed E-state index contributed by atoms with van der Waals surface area (Å²) in [5.41, 5.74) is 7.21. The van der Waals surface area contributed by atoms with Crippen molar-refractivity contribution in [2.45, 2.75) is 19.8 Å². The molecule has 0 aromatic heterocycles. The molecular formula is C9H13BFN. The SMILES string of the molecule is CBc1ccc(C(C)N)cc1F. The Morgan fingerprint density at radius 3 is 2.58 bits per heavy atom. The molecule has 1 rings (SSSR count). The van der Waals surface area contributed by atoms with Gasteiger partial charge in [0.05, 0.1) is 0 Å². The summed E-state index contributed by atoms with van der Waals surface area (Å²) in [6.07, 6.45) is 0. The number of halogens is 1. The average Bonchev–Trinajstić information content (AvgIpc) is 2.04. The Bertz CT molecular complexity index is 273. The minimum absolute atomic E-state index is 0.0922. The van der Waals surface area contributed by atoms with Crippen LogP contribution in [0.4, 0.5) is 4.39 Å². The van der Waals surface area contributed by atoms with E-state index in [-0.39, 0.29) is 11.9 Å². The molecule has 0 bridgehead atoms. The van der Waals surface area contributed by atoms with E-state index < -0.39 is 0 Å². The standard InChI is InChI=1S/C9H13BFN/c1-6(12)7-3-4-8(10-2)9(11)5-7/h3-6,10H,12H2,1-2H3. The van der Waals surface area contributed by atoms with E-state index in [4.69, 9.17) is 5.73 Å². The predicted octanol–water partition coefficient (Wildman–Crippen LogP) is 0.955. The van der Waals surface area contributed by atoms with Gasteiger partial charge in [-0.2, -0.15) is 0 Å². The Labute approximate surface area is 73.0 Å². The Hall–Kier alpha value is -0.825. The van der Waals surface area contributed by atoms with Gasteiger partial charge >= 0.3 is 0 Å². The molecular weight excluding hydrogens is 152 g/mol. The van der Waals surface area contributed by atoms with Crippen molar-refractivity contribution in [3.8, 4) is 0 Å². The quantitative estimate of drug-likeness (QED) is 0.648. The summed E-state index contributed by atoms with van der Waals surface area (Å²) in [7, 11) is 0.727. The van der Waals surface area contributed by atoms with Crippen LogP contribution in [0.5, 0.6) is 0 Å². The lowest BCUT2D eigenvalue weighted by atomic mass is 9.73. The molecule has 0 spiro atoms. The van der Waals surface area contributed by atoms with Crippen LogP contribution in [0.15, 0.2) is 18.2 Å². The fourth-order valence-corrected chi connectivity index (χ4v) is 1.13. The molecule has 1 atom stereocenters. The minimum atomic E-state index is -0.146. The van der Waals surface area contributed by atoms with Crippen LogP contribution in [-0.2, 0) is 0 Å². The third kappa shape index (κ3) is 1.86. The first-order valence-corrected chi connectivity index (χ1v) is 4.19. The third-order valence-electron chi connectivity index (χ3n) is 1.98. The van der Waals surface area contributed by atoms with Crippen molar-refractivity contribution in [3.05, 3.63) is 29.6 Å². The van der Waals surface area contributed by atoms with Gasteiger partial charge in [-0.3, -0.25) is 0 Å². The van der Waals surface area contributed by atoms with Crippen molar-refractivity contribution in [1.29, 1.82) is 0 Å². The van der Waals surface area contributed by atoms with Crippen LogP contribution in [0.25, 0.3) is 0 Å². The molecule has 64 valence electrons. The summed E-state index contributed by atoms with van der Waals surface area (Å²) >= 11 is 0. The second-order valence-corrected chi connectivity index (χ2v) is 2.99. The van der Waals surface area contributed by atoms with Crippen LogP contribution in [0, 0.1) is 5.82 Å². The Kier molecular flexibility index (Phi) is 2.87. The molecule has 0 aliphatic carbocycles. The van der Waals surface area contributed by atoms with E-state index in [2.05, 4.69) is 0 Å². The highest BCUT2D eigenvalue weighted by atomic mass is 19.1. The first-order chi connectivity index (χ1) is 5.65. The van der Waals surface area contributed by atoms with E-state index in [1.165, 1.54) is 6.07 Å². The largest absolute Gasteiger partial charge is 0.324 e. The minimum Gasteiger partial charge on any atom is -0.324 e. The van der Waals surface area contributed by atoms with E-state index in [1.54, 1.807) is 6.07 Å². The van der Waals surface area contributed by atoms with Crippen LogP contribution >= 0.6 is 0 Å². The molecule has 0 aliphatic heterocycles. The molecule has 1 aromatic carbocycles. The van der Waals surface area contributed by atoms with Gasteiger partial charge in [0.1, 0.15) is 5.82 Å². The lowest BCUT2D eigenvalue weighted by Crippen LogP contribution is -2.17. The van der Waals surface area contributed by atoms with Crippen LogP contribution in [0.1, 0.15) is 18.5 Å². The highest BCUT2D eigenvalue weighted by molar-refractivity contribution is 6.51. The molecule has 0 amide bonds. The summed E-state index contributed by atoms with van der Waals surface area (Å²) in [6, 6.07) is 5.11. The second kappa shape index (κ2) is 3.72. The second-order valence-electron chi connectivity index (χ2n) is 2.99. The summed E-state index contributed by atoms with van der Waals surface area (Å²) < 4.78 is 13.2. The number of hydrogen-bond acceptors (Lipinski definition) is 1. The van der Waals surface area contributed by atoms with Crippen molar-refractivity contribution >= 4 is 12.7 Å². The van der Waals surface area contributed by atoms with Crippen molar-refractivity contribution in [2.24, 2.45) is 5.73 Å². The fraction of sp³-hybridized carbons (Fsp3) is 0.333. The highest BCUT2D eigenvalue weighted by Gasteiger charge is 2.04. The van der Waals surface area contributed by atoms with Gasteiger partial charge in [-0.15, -0.1) is 0 Å². The van der Waals surface area contributed by atoms with E-state index in [1.807, 2.05) is 19.8 Å². The summed E-state index contributed by atoms with van der Waals surface area (Å²) in [4.78, 5) is 0. The van der Waals surface area contributed by atoms with Gasteiger partial charge in [0.15, 0.2) is 7.28 Å². The Morgan fingerprint density at radius 1 is 1.50 bits per heavy atom. The summed E-state index contributed by atoms with van der Waals surface area (Å²) in [5, 5.41) is 0. The zero-order chi connectivity index (χ0) is 9.14.